The largest absolute Gasteiger partial charge is 0.339 e. The zero-order chi connectivity index (χ0) is 16.4. The quantitative estimate of drug-likeness (QED) is 0.926. The van der Waals surface area contributed by atoms with Crippen LogP contribution in [0, 0.1) is 5.41 Å². The molecule has 0 unspecified atom stereocenters. The lowest BCUT2D eigenvalue weighted by molar-refractivity contribution is 0.372. The first kappa shape index (κ1) is 14.8. The molecule has 6 nitrogen and oxygen atoms in total. The molecule has 0 saturated heterocycles. The Hall–Kier alpha value is -1.73. The molecular weight excluding hydrogens is 314 g/mol. The summed E-state index contributed by atoms with van der Waals surface area (Å²) in [4.78, 5) is 4.70. The summed E-state index contributed by atoms with van der Waals surface area (Å²) in [5.41, 5.74) is 1.10. The van der Waals surface area contributed by atoms with Crippen LogP contribution in [0.25, 0.3) is 0 Å². The highest BCUT2D eigenvalue weighted by Gasteiger charge is 2.61. The molecule has 2 saturated carbocycles. The van der Waals surface area contributed by atoms with Crippen molar-refractivity contribution in [1.82, 2.24) is 10.1 Å². The van der Waals surface area contributed by atoms with Gasteiger partial charge in [-0.25, -0.2) is 13.6 Å². The molecule has 7 heteroatoms. The van der Waals surface area contributed by atoms with Gasteiger partial charge in [-0.15, -0.1) is 0 Å². The third-order valence-corrected chi connectivity index (χ3v) is 5.99. The zero-order valence-electron chi connectivity index (χ0n) is 13.1. The van der Waals surface area contributed by atoms with E-state index in [2.05, 4.69) is 24.0 Å². The fourth-order valence-electron chi connectivity index (χ4n) is 3.48. The maximum Gasteiger partial charge on any atom is 0.238 e. The van der Waals surface area contributed by atoms with E-state index >= 15 is 0 Å². The molecule has 2 atom stereocenters. The number of benzene rings is 1. The first-order chi connectivity index (χ1) is 10.8. The van der Waals surface area contributed by atoms with Gasteiger partial charge >= 0.3 is 0 Å². The molecule has 2 fully saturated rings. The van der Waals surface area contributed by atoms with Gasteiger partial charge in [-0.2, -0.15) is 4.98 Å². The number of rotatable bonds is 4. The van der Waals surface area contributed by atoms with Crippen LogP contribution in [0.4, 0.5) is 0 Å². The lowest BCUT2D eigenvalue weighted by Gasteiger charge is -2.04. The van der Waals surface area contributed by atoms with Crippen LogP contribution in [0.2, 0.25) is 0 Å². The van der Waals surface area contributed by atoms with Gasteiger partial charge < -0.3 is 4.52 Å². The molecular formula is C16H19N3O3S. The molecule has 0 amide bonds. The van der Waals surface area contributed by atoms with Crippen LogP contribution in [0.15, 0.2) is 33.7 Å². The van der Waals surface area contributed by atoms with Crippen LogP contribution in [-0.2, 0) is 10.0 Å². The smallest absolute Gasteiger partial charge is 0.238 e. The molecule has 0 bridgehead atoms. The Labute approximate surface area is 135 Å². The van der Waals surface area contributed by atoms with E-state index in [1.807, 2.05) is 12.1 Å². The number of aromatic nitrogens is 2. The maximum absolute atomic E-state index is 11.4. The lowest BCUT2D eigenvalue weighted by Crippen LogP contribution is -2.11. The molecule has 0 aliphatic heterocycles. The average Bonchev–Trinajstić information content (AvgIpc) is 3.36. The minimum Gasteiger partial charge on any atom is -0.339 e. The van der Waals surface area contributed by atoms with E-state index in [-0.39, 0.29) is 22.1 Å². The molecule has 1 aromatic carbocycles. The molecule has 2 aromatic rings. The fraction of sp³-hybridized carbons (Fsp3) is 0.500. The van der Waals surface area contributed by atoms with E-state index in [0.717, 1.165) is 30.1 Å². The summed E-state index contributed by atoms with van der Waals surface area (Å²) in [6.07, 6.45) is 2.27. The summed E-state index contributed by atoms with van der Waals surface area (Å²) in [6, 6.07) is 6.77. The van der Waals surface area contributed by atoms with Crippen LogP contribution in [0.5, 0.6) is 0 Å². The van der Waals surface area contributed by atoms with Crippen LogP contribution < -0.4 is 5.14 Å². The van der Waals surface area contributed by atoms with Gasteiger partial charge in [-0.1, -0.05) is 31.1 Å². The molecule has 2 aliphatic carbocycles. The minimum absolute atomic E-state index is 0.0216. The van der Waals surface area contributed by atoms with E-state index in [1.165, 1.54) is 0 Å². The van der Waals surface area contributed by atoms with Gasteiger partial charge in [-0.3, -0.25) is 0 Å². The summed E-state index contributed by atoms with van der Waals surface area (Å²) < 4.78 is 28.1. The van der Waals surface area contributed by atoms with Crippen molar-refractivity contribution in [3.05, 3.63) is 41.5 Å². The van der Waals surface area contributed by atoms with E-state index < -0.39 is 10.0 Å². The van der Waals surface area contributed by atoms with Gasteiger partial charge in [-0.05, 0) is 36.0 Å². The molecule has 1 heterocycles. The second-order valence-electron chi connectivity index (χ2n) is 7.16. The van der Waals surface area contributed by atoms with Crippen molar-refractivity contribution >= 4 is 10.0 Å². The standard InChI is InChI=1S/C16H19N3O3S/c1-16(2)12(9-5-7-11(8-6-9)23(17,20)21)13(16)14-18-15(22-19-14)10-3-4-10/h5-8,10,12-13H,3-4H2,1-2H3,(H2,17,20,21)/t12-,13+/m0/s1. The highest BCUT2D eigenvalue weighted by atomic mass is 32.2. The Bertz CT molecular complexity index is 851. The highest BCUT2D eigenvalue weighted by molar-refractivity contribution is 7.89. The molecule has 122 valence electrons. The third-order valence-electron chi connectivity index (χ3n) is 5.06. The Balaban J connectivity index is 1.61. The van der Waals surface area contributed by atoms with Crippen molar-refractivity contribution < 1.29 is 12.9 Å². The van der Waals surface area contributed by atoms with E-state index in [0.29, 0.717) is 5.92 Å². The van der Waals surface area contributed by atoms with Crippen molar-refractivity contribution in [2.75, 3.05) is 0 Å². The van der Waals surface area contributed by atoms with E-state index in [4.69, 9.17) is 9.66 Å². The minimum atomic E-state index is -3.66. The second kappa shape index (κ2) is 4.64. The van der Waals surface area contributed by atoms with Crippen LogP contribution in [0.1, 0.15) is 61.7 Å². The predicted octanol–water partition coefficient (Wildman–Crippen LogP) is 2.50. The van der Waals surface area contributed by atoms with Crippen molar-refractivity contribution in [3.8, 4) is 0 Å². The Morgan fingerprint density at radius 1 is 1.17 bits per heavy atom. The van der Waals surface area contributed by atoms with Crippen LogP contribution in [-0.4, -0.2) is 18.6 Å². The molecule has 2 N–H and O–H groups in total. The number of sulfonamides is 1. The highest BCUT2D eigenvalue weighted by Crippen LogP contribution is 2.69. The van der Waals surface area contributed by atoms with Crippen molar-refractivity contribution in [2.45, 2.75) is 49.3 Å². The summed E-state index contributed by atoms with van der Waals surface area (Å²) in [7, 11) is -3.66. The van der Waals surface area contributed by atoms with Gasteiger partial charge in [0.05, 0.1) is 4.90 Å². The van der Waals surface area contributed by atoms with Crippen LogP contribution >= 0.6 is 0 Å². The Kier molecular flexibility index (Phi) is 2.99. The lowest BCUT2D eigenvalue weighted by atomic mass is 10.0. The summed E-state index contributed by atoms with van der Waals surface area (Å²) >= 11 is 0. The number of nitrogens with two attached hydrogens (primary N) is 1. The summed E-state index contributed by atoms with van der Waals surface area (Å²) in [5, 5.41) is 9.31. The van der Waals surface area contributed by atoms with Crippen LogP contribution in [0.3, 0.4) is 0 Å². The Morgan fingerprint density at radius 3 is 2.39 bits per heavy atom. The number of hydrogen-bond acceptors (Lipinski definition) is 5. The normalized spacial score (nSPS) is 26.2. The summed E-state index contributed by atoms with van der Waals surface area (Å²) in [5.74, 6) is 2.41. The fourth-order valence-corrected chi connectivity index (χ4v) is 3.99. The predicted molar refractivity (Wildman–Crippen MR) is 83.4 cm³/mol. The monoisotopic (exact) mass is 333 g/mol. The van der Waals surface area contributed by atoms with Crippen molar-refractivity contribution in [3.63, 3.8) is 0 Å². The van der Waals surface area contributed by atoms with Gasteiger partial charge in [0.25, 0.3) is 0 Å². The first-order valence-corrected chi connectivity index (χ1v) is 9.29. The average molecular weight is 333 g/mol. The Morgan fingerprint density at radius 2 is 1.83 bits per heavy atom. The van der Waals surface area contributed by atoms with Gasteiger partial charge in [0.2, 0.25) is 15.9 Å². The molecule has 0 spiro atoms. The van der Waals surface area contributed by atoms with Gasteiger partial charge in [0, 0.05) is 17.8 Å². The topological polar surface area (TPSA) is 99.1 Å². The maximum atomic E-state index is 11.4. The molecule has 0 radical (unpaired) electrons. The summed E-state index contributed by atoms with van der Waals surface area (Å²) in [6.45, 7) is 4.34. The van der Waals surface area contributed by atoms with Gasteiger partial charge in [0.1, 0.15) is 0 Å². The zero-order valence-corrected chi connectivity index (χ0v) is 13.9. The van der Waals surface area contributed by atoms with E-state index in [1.54, 1.807) is 12.1 Å². The molecule has 4 rings (SSSR count). The number of hydrogen-bond donors (Lipinski definition) is 1. The number of primary sulfonamides is 1. The first-order valence-electron chi connectivity index (χ1n) is 7.75. The molecule has 1 aromatic heterocycles. The SMILES string of the molecule is CC1(C)[C@@H](c2ccc(S(N)(=O)=O)cc2)[C@@H]1c1noc(C2CC2)n1. The molecule has 2 aliphatic rings. The third kappa shape index (κ3) is 2.48. The number of nitrogens with zero attached hydrogens (tertiary/aromatic N) is 2. The van der Waals surface area contributed by atoms with Crippen molar-refractivity contribution in [1.29, 1.82) is 0 Å². The molecule has 23 heavy (non-hydrogen) atoms. The van der Waals surface area contributed by atoms with E-state index in [9.17, 15) is 8.42 Å². The van der Waals surface area contributed by atoms with Gasteiger partial charge in [0.15, 0.2) is 5.82 Å². The van der Waals surface area contributed by atoms with Crippen molar-refractivity contribution in [2.24, 2.45) is 10.6 Å². The second-order valence-corrected chi connectivity index (χ2v) is 8.72.